The summed E-state index contributed by atoms with van der Waals surface area (Å²) >= 11 is 0. The second-order valence-electron chi connectivity index (χ2n) is 12.4. The average molecular weight is 604 g/mol. The normalized spacial score (nSPS) is 15.4. The van der Waals surface area contributed by atoms with E-state index in [0.29, 0.717) is 5.92 Å². The van der Waals surface area contributed by atoms with Gasteiger partial charge in [0.1, 0.15) is 0 Å². The van der Waals surface area contributed by atoms with Gasteiger partial charge >= 0.3 is 0 Å². The molecule has 1 heteroatoms. The van der Waals surface area contributed by atoms with Gasteiger partial charge in [0.05, 0.1) is 0 Å². The van der Waals surface area contributed by atoms with Crippen LogP contribution >= 0.6 is 0 Å². The summed E-state index contributed by atoms with van der Waals surface area (Å²) in [4.78, 5) is 2.53. The summed E-state index contributed by atoms with van der Waals surface area (Å²) in [7, 11) is 0. The molecule has 0 aromatic heterocycles. The average Bonchev–Trinajstić information content (AvgIpc) is 3.16. The predicted molar refractivity (Wildman–Crippen MR) is 199 cm³/mol. The first-order valence-corrected chi connectivity index (χ1v) is 16.7. The van der Waals surface area contributed by atoms with E-state index in [1.54, 1.807) is 0 Å². The van der Waals surface area contributed by atoms with E-state index < -0.39 is 0 Å². The third-order valence-corrected chi connectivity index (χ3v) is 9.48. The predicted octanol–water partition coefficient (Wildman–Crippen LogP) is 10.5. The molecule has 0 fully saturated rings. The molecule has 8 rings (SSSR count). The molecule has 6 aromatic rings. The summed E-state index contributed by atoms with van der Waals surface area (Å²) < 4.78 is 0. The summed E-state index contributed by atoms with van der Waals surface area (Å²) in [6, 6.07) is 57.2. The van der Waals surface area contributed by atoms with Crippen LogP contribution in [0, 0.1) is 0 Å². The van der Waals surface area contributed by atoms with Crippen molar-refractivity contribution in [3.05, 3.63) is 198 Å². The second-order valence-corrected chi connectivity index (χ2v) is 12.4. The van der Waals surface area contributed by atoms with E-state index in [2.05, 4.69) is 187 Å². The molecule has 1 unspecified atom stereocenters. The van der Waals surface area contributed by atoms with Crippen LogP contribution in [0.3, 0.4) is 0 Å². The van der Waals surface area contributed by atoms with Gasteiger partial charge in [-0.2, -0.15) is 0 Å². The fourth-order valence-electron chi connectivity index (χ4n) is 7.13. The van der Waals surface area contributed by atoms with Gasteiger partial charge in [0.25, 0.3) is 0 Å². The van der Waals surface area contributed by atoms with Gasteiger partial charge in [-0.25, -0.2) is 0 Å². The molecule has 0 bridgehead atoms. The first-order valence-electron chi connectivity index (χ1n) is 16.7. The summed E-state index contributed by atoms with van der Waals surface area (Å²) in [5.74, 6) is 0.387. The number of hydrogen-bond donors (Lipinski definition) is 0. The Morgan fingerprint density at radius 1 is 0.511 bits per heavy atom. The molecule has 2 aliphatic carbocycles. The Labute approximate surface area is 277 Å². The van der Waals surface area contributed by atoms with Crippen molar-refractivity contribution in [1.82, 2.24) is 0 Å². The zero-order valence-electron chi connectivity index (χ0n) is 26.5. The minimum absolute atomic E-state index is 0.387. The Kier molecular flexibility index (Phi) is 7.95. The highest BCUT2D eigenvalue weighted by molar-refractivity contribution is 5.89. The minimum Gasteiger partial charge on any atom is -0.314 e. The van der Waals surface area contributed by atoms with Crippen LogP contribution in [0.15, 0.2) is 182 Å². The number of fused-ring (bicyclic) bond motifs is 1. The minimum atomic E-state index is 0.387. The van der Waals surface area contributed by atoms with Crippen LogP contribution in [0.5, 0.6) is 0 Å². The van der Waals surface area contributed by atoms with Crippen LogP contribution in [-0.2, 0) is 0 Å². The van der Waals surface area contributed by atoms with Gasteiger partial charge in [0.2, 0.25) is 0 Å². The Balaban J connectivity index is 1.28. The van der Waals surface area contributed by atoms with Crippen LogP contribution < -0.4 is 15.3 Å². The number of nitrogens with zero attached hydrogens (tertiary/aromatic N) is 1. The highest BCUT2D eigenvalue weighted by Gasteiger charge is 2.22. The summed E-state index contributed by atoms with van der Waals surface area (Å²) in [5.41, 5.74) is 12.5. The smallest absolute Gasteiger partial charge is 0.0465 e. The molecule has 226 valence electrons. The lowest BCUT2D eigenvalue weighted by molar-refractivity contribution is 0.837. The van der Waals surface area contributed by atoms with Crippen molar-refractivity contribution in [1.29, 1.82) is 0 Å². The molecule has 47 heavy (non-hydrogen) atoms. The van der Waals surface area contributed by atoms with Crippen molar-refractivity contribution < 1.29 is 0 Å². The molecule has 0 N–H and O–H groups in total. The van der Waals surface area contributed by atoms with Gasteiger partial charge in [-0.05, 0) is 87.7 Å². The molecular formula is C46H37N. The highest BCUT2D eigenvalue weighted by Crippen LogP contribution is 2.40. The highest BCUT2D eigenvalue weighted by atomic mass is 15.2. The van der Waals surface area contributed by atoms with Crippen LogP contribution in [-0.4, -0.2) is 0 Å². The second kappa shape index (κ2) is 13.0. The number of rotatable bonds is 7. The summed E-state index contributed by atoms with van der Waals surface area (Å²) in [5, 5.41) is 2.64. The van der Waals surface area contributed by atoms with Crippen molar-refractivity contribution in [2.45, 2.75) is 25.2 Å². The Morgan fingerprint density at radius 3 is 1.96 bits per heavy atom. The van der Waals surface area contributed by atoms with E-state index in [1.807, 2.05) is 0 Å². The zero-order chi connectivity index (χ0) is 31.4. The van der Waals surface area contributed by atoms with Crippen LogP contribution in [0.2, 0.25) is 0 Å². The maximum Gasteiger partial charge on any atom is 0.0465 e. The van der Waals surface area contributed by atoms with Crippen molar-refractivity contribution >= 4 is 17.5 Å². The molecule has 0 saturated heterocycles. The molecule has 1 atom stereocenters. The van der Waals surface area contributed by atoms with E-state index >= 15 is 0 Å². The third kappa shape index (κ3) is 5.89. The topological polar surface area (TPSA) is 3.24 Å². The molecule has 0 saturated carbocycles. The van der Waals surface area contributed by atoms with Gasteiger partial charge in [0.15, 0.2) is 0 Å². The van der Waals surface area contributed by atoms with Gasteiger partial charge in [-0.15, -0.1) is 0 Å². The van der Waals surface area contributed by atoms with E-state index in [4.69, 9.17) is 0 Å². The molecule has 0 spiro atoms. The lowest BCUT2D eigenvalue weighted by Gasteiger charge is -2.33. The van der Waals surface area contributed by atoms with Gasteiger partial charge < -0.3 is 4.90 Å². The standard InChI is InChI=1S/C46H37N/c1-4-14-34(15-5-1)36-26-28-41(29-27-36)47(46-25-13-21-37-20-10-11-24-44(37)46)42-30-31-43(45(33-42)38-18-8-3-9-19-38)40-23-12-22-39(32-40)35-16-6-2-7-17-35/h1-12,14-24,26,28-33,36H,13,25,27H2. The summed E-state index contributed by atoms with van der Waals surface area (Å²) in [6.45, 7) is 0. The molecule has 6 aromatic carbocycles. The molecule has 0 heterocycles. The molecule has 1 nitrogen and oxygen atoms in total. The van der Waals surface area contributed by atoms with E-state index in [1.165, 1.54) is 66.5 Å². The monoisotopic (exact) mass is 603 g/mol. The Bertz CT molecular complexity index is 2210. The fraction of sp³-hybridized carbons (Fsp3) is 0.0870. The number of benzene rings is 6. The zero-order valence-corrected chi connectivity index (χ0v) is 26.5. The first-order chi connectivity index (χ1) is 23.3. The van der Waals surface area contributed by atoms with E-state index in [9.17, 15) is 0 Å². The number of anilines is 1. The molecule has 0 amide bonds. The molecular weight excluding hydrogens is 567 g/mol. The van der Waals surface area contributed by atoms with Crippen LogP contribution in [0.1, 0.15) is 30.7 Å². The summed E-state index contributed by atoms with van der Waals surface area (Å²) in [6.07, 6.45) is 12.5. The Morgan fingerprint density at radius 2 is 1.19 bits per heavy atom. The van der Waals surface area contributed by atoms with Crippen LogP contribution in [0.4, 0.5) is 5.69 Å². The van der Waals surface area contributed by atoms with Gasteiger partial charge in [-0.1, -0.05) is 158 Å². The fourth-order valence-corrected chi connectivity index (χ4v) is 7.13. The number of hydrogen-bond acceptors (Lipinski definition) is 1. The lowest BCUT2D eigenvalue weighted by atomic mass is 9.90. The maximum absolute atomic E-state index is 2.53. The molecule has 0 radical (unpaired) electrons. The molecule has 2 aliphatic rings. The van der Waals surface area contributed by atoms with Crippen molar-refractivity contribution in [3.63, 3.8) is 0 Å². The largest absolute Gasteiger partial charge is 0.314 e. The maximum atomic E-state index is 2.53. The van der Waals surface area contributed by atoms with Crippen molar-refractivity contribution in [2.75, 3.05) is 4.90 Å². The Hall–Kier alpha value is -5.66. The van der Waals surface area contributed by atoms with Crippen LogP contribution in [0.25, 0.3) is 45.2 Å². The number of allylic oxidation sites excluding steroid dienone is 3. The quantitative estimate of drug-likeness (QED) is 0.175. The van der Waals surface area contributed by atoms with Crippen molar-refractivity contribution in [2.24, 2.45) is 0 Å². The van der Waals surface area contributed by atoms with E-state index in [-0.39, 0.29) is 0 Å². The van der Waals surface area contributed by atoms with Crippen molar-refractivity contribution in [3.8, 4) is 33.4 Å². The van der Waals surface area contributed by atoms with E-state index in [0.717, 1.165) is 19.3 Å². The first kappa shape index (κ1) is 28.8. The lowest BCUT2D eigenvalue weighted by Crippen LogP contribution is -2.36. The third-order valence-electron chi connectivity index (χ3n) is 9.48. The SMILES string of the molecule is C1=CC(c2ccccc2)CC=C1N(C1=c2ccccc2=CCC1)c1ccc(-c2cccc(-c3ccccc3)c2)c(-c2ccccc2)c1. The van der Waals surface area contributed by atoms with Gasteiger partial charge in [0, 0.05) is 28.2 Å². The van der Waals surface area contributed by atoms with Gasteiger partial charge in [-0.3, -0.25) is 0 Å². The molecule has 0 aliphatic heterocycles.